The lowest BCUT2D eigenvalue weighted by molar-refractivity contribution is 0.572. The molecule has 35 heavy (non-hydrogen) atoms. The standard InChI is InChI=1S/C24H20ClN9O/c1-13-17(4-7-22(26)29-13)19-11-27-24(30-19)21-6-3-16-8-14(9-23(35)34(16)21)18-10-15(25)2-5-20(18)33-12-28-31-32-33/h2,4-5,7-12,21H,3,6H2,1H3,(H2,26,29)(H,27,30)/t21-/m0/s1. The number of nitrogens with one attached hydrogen (secondary N) is 1. The van der Waals surface area contributed by atoms with Gasteiger partial charge in [0, 0.05) is 33.6 Å². The van der Waals surface area contributed by atoms with Gasteiger partial charge in [-0.05, 0) is 72.2 Å². The molecular weight excluding hydrogens is 466 g/mol. The van der Waals surface area contributed by atoms with E-state index in [1.54, 1.807) is 33.6 Å². The van der Waals surface area contributed by atoms with Gasteiger partial charge in [0.05, 0.1) is 23.6 Å². The van der Waals surface area contributed by atoms with Gasteiger partial charge in [-0.25, -0.2) is 9.97 Å². The molecular formula is C24H20ClN9O. The van der Waals surface area contributed by atoms with Gasteiger partial charge in [-0.2, -0.15) is 4.68 Å². The molecule has 0 aliphatic carbocycles. The van der Waals surface area contributed by atoms with Crippen molar-refractivity contribution in [2.45, 2.75) is 25.8 Å². The Morgan fingerprint density at radius 1 is 1.14 bits per heavy atom. The maximum Gasteiger partial charge on any atom is 0.252 e. The molecule has 1 aliphatic rings. The number of hydrogen-bond donors (Lipinski definition) is 2. The Balaban J connectivity index is 1.39. The van der Waals surface area contributed by atoms with Crippen LogP contribution in [0.15, 0.2) is 59.8 Å². The van der Waals surface area contributed by atoms with Crippen LogP contribution in [0.5, 0.6) is 0 Å². The van der Waals surface area contributed by atoms with E-state index in [2.05, 4.69) is 30.5 Å². The van der Waals surface area contributed by atoms with Crippen molar-refractivity contribution in [3.63, 3.8) is 0 Å². The van der Waals surface area contributed by atoms with Gasteiger partial charge in [-0.3, -0.25) is 4.79 Å². The number of rotatable bonds is 4. The first kappa shape index (κ1) is 21.2. The molecule has 1 atom stereocenters. The molecule has 174 valence electrons. The molecule has 0 bridgehead atoms. The van der Waals surface area contributed by atoms with E-state index in [0.717, 1.165) is 58.1 Å². The van der Waals surface area contributed by atoms with Crippen LogP contribution in [0.3, 0.4) is 0 Å². The fraction of sp³-hybridized carbons (Fsp3) is 0.167. The minimum absolute atomic E-state index is 0.106. The number of aromatic nitrogens is 8. The number of imidazole rings is 1. The number of nitrogens with zero attached hydrogens (tertiary/aromatic N) is 7. The van der Waals surface area contributed by atoms with Crippen molar-refractivity contribution in [3.05, 3.63) is 87.6 Å². The topological polar surface area (TPSA) is 133 Å². The van der Waals surface area contributed by atoms with E-state index in [9.17, 15) is 4.79 Å². The first-order valence-corrected chi connectivity index (χ1v) is 11.4. The Kier molecular flexibility index (Phi) is 4.96. The number of aryl methyl sites for hydroxylation is 2. The number of tetrazole rings is 1. The van der Waals surface area contributed by atoms with E-state index in [-0.39, 0.29) is 11.6 Å². The third kappa shape index (κ3) is 3.68. The average Bonchev–Trinajstić information content (AvgIpc) is 3.59. The summed E-state index contributed by atoms with van der Waals surface area (Å²) in [5.74, 6) is 1.21. The maximum absolute atomic E-state index is 13.4. The zero-order valence-electron chi connectivity index (χ0n) is 18.7. The number of benzene rings is 1. The van der Waals surface area contributed by atoms with Gasteiger partial charge in [-0.1, -0.05) is 11.6 Å². The molecule has 5 aromatic rings. The van der Waals surface area contributed by atoms with Crippen LogP contribution in [0, 0.1) is 6.92 Å². The number of fused-ring (bicyclic) bond motifs is 1. The molecule has 1 aromatic carbocycles. The van der Waals surface area contributed by atoms with Crippen molar-refractivity contribution in [2.75, 3.05) is 5.73 Å². The minimum atomic E-state index is -0.180. The highest BCUT2D eigenvalue weighted by atomic mass is 35.5. The number of nitrogens with two attached hydrogens (primary N) is 1. The van der Waals surface area contributed by atoms with Gasteiger partial charge in [0.1, 0.15) is 18.0 Å². The molecule has 0 spiro atoms. The van der Waals surface area contributed by atoms with Gasteiger partial charge >= 0.3 is 0 Å². The maximum atomic E-state index is 13.4. The Hall–Kier alpha value is -4.31. The molecule has 0 fully saturated rings. The van der Waals surface area contributed by atoms with E-state index in [1.807, 2.05) is 31.2 Å². The number of nitrogen functional groups attached to an aromatic ring is 1. The summed E-state index contributed by atoms with van der Waals surface area (Å²) in [5.41, 5.74) is 11.5. The van der Waals surface area contributed by atoms with Crippen LogP contribution in [0.2, 0.25) is 5.02 Å². The SMILES string of the molecule is Cc1nc(N)ccc1-c1cnc([C@@H]2CCc3cc(-c4cc(Cl)ccc4-n4cnnn4)cc(=O)n32)[nH]1. The largest absolute Gasteiger partial charge is 0.384 e. The molecule has 11 heteroatoms. The molecule has 0 saturated heterocycles. The predicted octanol–water partition coefficient (Wildman–Crippen LogP) is 3.36. The highest BCUT2D eigenvalue weighted by Gasteiger charge is 2.28. The smallest absolute Gasteiger partial charge is 0.252 e. The zero-order chi connectivity index (χ0) is 24.1. The number of pyridine rings is 2. The normalized spacial score (nSPS) is 14.9. The lowest BCUT2D eigenvalue weighted by atomic mass is 10.0. The second kappa shape index (κ2) is 8.17. The van der Waals surface area contributed by atoms with Crippen molar-refractivity contribution < 1.29 is 0 Å². The van der Waals surface area contributed by atoms with Gasteiger partial charge < -0.3 is 15.3 Å². The van der Waals surface area contributed by atoms with E-state index >= 15 is 0 Å². The van der Waals surface area contributed by atoms with Crippen LogP contribution in [0.4, 0.5) is 5.82 Å². The number of anilines is 1. The highest BCUT2D eigenvalue weighted by Crippen LogP contribution is 2.34. The fourth-order valence-electron chi connectivity index (χ4n) is 4.73. The van der Waals surface area contributed by atoms with Gasteiger partial charge in [0.2, 0.25) is 0 Å². The predicted molar refractivity (Wildman–Crippen MR) is 131 cm³/mol. The molecule has 4 aromatic heterocycles. The van der Waals surface area contributed by atoms with E-state index < -0.39 is 0 Å². The minimum Gasteiger partial charge on any atom is -0.384 e. The molecule has 0 unspecified atom stereocenters. The Morgan fingerprint density at radius 2 is 2.03 bits per heavy atom. The number of halogens is 1. The van der Waals surface area contributed by atoms with Crippen LogP contribution in [-0.2, 0) is 6.42 Å². The van der Waals surface area contributed by atoms with Gasteiger partial charge in [-0.15, -0.1) is 5.10 Å². The summed E-state index contributed by atoms with van der Waals surface area (Å²) in [5, 5.41) is 12.0. The number of aromatic amines is 1. The zero-order valence-corrected chi connectivity index (χ0v) is 19.4. The molecule has 1 aliphatic heterocycles. The number of H-pyrrole nitrogens is 1. The van der Waals surface area contributed by atoms with Gasteiger partial charge in [0.15, 0.2) is 0 Å². The second-order valence-corrected chi connectivity index (χ2v) is 8.90. The summed E-state index contributed by atoms with van der Waals surface area (Å²) in [6.07, 6.45) is 4.79. The molecule has 0 amide bonds. The van der Waals surface area contributed by atoms with Gasteiger partial charge in [0.25, 0.3) is 5.56 Å². The average molecular weight is 486 g/mol. The monoisotopic (exact) mass is 485 g/mol. The summed E-state index contributed by atoms with van der Waals surface area (Å²) >= 11 is 6.29. The van der Waals surface area contributed by atoms with Crippen LogP contribution in [0.25, 0.3) is 28.1 Å². The summed E-state index contributed by atoms with van der Waals surface area (Å²) in [6, 6.07) is 12.6. The Morgan fingerprint density at radius 3 is 2.83 bits per heavy atom. The summed E-state index contributed by atoms with van der Waals surface area (Å²) in [7, 11) is 0. The second-order valence-electron chi connectivity index (χ2n) is 8.47. The van der Waals surface area contributed by atoms with Crippen LogP contribution in [-0.4, -0.2) is 39.7 Å². The fourth-order valence-corrected chi connectivity index (χ4v) is 4.90. The Bertz CT molecular complexity index is 1620. The third-order valence-electron chi connectivity index (χ3n) is 6.31. The van der Waals surface area contributed by atoms with E-state index in [4.69, 9.17) is 17.3 Å². The quantitative estimate of drug-likeness (QED) is 0.398. The molecule has 3 N–H and O–H groups in total. The number of hydrogen-bond acceptors (Lipinski definition) is 7. The molecule has 5 heterocycles. The third-order valence-corrected chi connectivity index (χ3v) is 6.54. The van der Waals surface area contributed by atoms with Crippen molar-refractivity contribution in [3.8, 4) is 28.1 Å². The van der Waals surface area contributed by atoms with Crippen LogP contribution < -0.4 is 11.3 Å². The Labute approximate surface area is 204 Å². The summed E-state index contributed by atoms with van der Waals surface area (Å²) in [6.45, 7) is 1.91. The lowest BCUT2D eigenvalue weighted by Gasteiger charge is -2.15. The first-order chi connectivity index (χ1) is 17.0. The molecule has 6 rings (SSSR count). The van der Waals surface area contributed by atoms with Crippen molar-refractivity contribution in [1.29, 1.82) is 0 Å². The highest BCUT2D eigenvalue weighted by molar-refractivity contribution is 6.31. The molecule has 0 radical (unpaired) electrons. The molecule has 10 nitrogen and oxygen atoms in total. The van der Waals surface area contributed by atoms with E-state index in [1.165, 1.54) is 6.33 Å². The van der Waals surface area contributed by atoms with E-state index in [0.29, 0.717) is 10.8 Å². The van der Waals surface area contributed by atoms with Crippen molar-refractivity contribution in [2.24, 2.45) is 0 Å². The van der Waals surface area contributed by atoms with Crippen LogP contribution in [0.1, 0.15) is 29.7 Å². The molecule has 0 saturated carbocycles. The lowest BCUT2D eigenvalue weighted by Crippen LogP contribution is -2.23. The summed E-state index contributed by atoms with van der Waals surface area (Å²) in [4.78, 5) is 25.7. The van der Waals surface area contributed by atoms with Crippen molar-refractivity contribution >= 4 is 17.4 Å². The van der Waals surface area contributed by atoms with Crippen LogP contribution >= 0.6 is 11.6 Å². The summed E-state index contributed by atoms with van der Waals surface area (Å²) < 4.78 is 3.36. The van der Waals surface area contributed by atoms with Crippen molar-refractivity contribution in [1.82, 2.24) is 39.7 Å². The first-order valence-electron chi connectivity index (χ1n) is 11.0.